The smallest absolute Gasteiger partial charge is 0.319 e. The van der Waals surface area contributed by atoms with E-state index in [-0.39, 0.29) is 11.8 Å². The summed E-state index contributed by atoms with van der Waals surface area (Å²) in [5, 5.41) is 0. The molecule has 0 amide bonds. The van der Waals surface area contributed by atoms with Crippen LogP contribution in [-0.4, -0.2) is 18.9 Å². The van der Waals surface area contributed by atoms with Gasteiger partial charge in [-0.05, 0) is 87.9 Å². The van der Waals surface area contributed by atoms with Crippen molar-refractivity contribution in [2.24, 2.45) is 35.0 Å². The third kappa shape index (κ3) is 4.02. The molecule has 0 aliphatic heterocycles. The van der Waals surface area contributed by atoms with E-state index in [0.717, 1.165) is 24.2 Å². The molecule has 0 aromatic rings. The summed E-state index contributed by atoms with van der Waals surface area (Å²) in [7, 11) is 1.39. The number of Topliss-reactive ketones (excluding diaryl/α,β-unsaturated/α-hetero) is 1. The topological polar surface area (TPSA) is 43.4 Å². The van der Waals surface area contributed by atoms with Crippen LogP contribution in [0.3, 0.4) is 0 Å². The van der Waals surface area contributed by atoms with Crippen LogP contribution in [0.2, 0.25) is 0 Å². The molecule has 0 N–H and O–H groups in total. The van der Waals surface area contributed by atoms with Crippen LogP contribution < -0.4 is 0 Å². The summed E-state index contributed by atoms with van der Waals surface area (Å²) in [5.74, 6) is 3.85. The minimum Gasteiger partial charge on any atom is -0.468 e. The zero-order valence-electron chi connectivity index (χ0n) is 17.1. The molecule has 3 nitrogen and oxygen atoms in total. The number of carbonyl (C=O) groups is 2. The van der Waals surface area contributed by atoms with Crippen molar-refractivity contribution < 1.29 is 14.3 Å². The summed E-state index contributed by atoms with van der Waals surface area (Å²) in [6, 6.07) is 0. The number of hydrogen-bond acceptors (Lipinski definition) is 3. The van der Waals surface area contributed by atoms with Gasteiger partial charge in [-0.25, -0.2) is 0 Å². The van der Waals surface area contributed by atoms with Crippen molar-refractivity contribution in [2.45, 2.75) is 90.9 Å². The lowest BCUT2D eigenvalue weighted by Crippen LogP contribution is -2.43. The van der Waals surface area contributed by atoms with Crippen molar-refractivity contribution in [2.75, 3.05) is 7.11 Å². The molecule has 3 heteroatoms. The van der Waals surface area contributed by atoms with Gasteiger partial charge >= 0.3 is 5.97 Å². The van der Waals surface area contributed by atoms with Gasteiger partial charge in [0.05, 0.1) is 7.11 Å². The van der Waals surface area contributed by atoms with E-state index in [4.69, 9.17) is 4.74 Å². The van der Waals surface area contributed by atoms with Gasteiger partial charge in [0.1, 0.15) is 11.2 Å². The Kier molecular flexibility index (Phi) is 6.45. The van der Waals surface area contributed by atoms with E-state index < -0.39 is 5.41 Å². The van der Waals surface area contributed by atoms with Crippen LogP contribution in [0.25, 0.3) is 0 Å². The molecular formula is C23H38O3. The van der Waals surface area contributed by atoms with E-state index in [1.165, 1.54) is 64.9 Å². The van der Waals surface area contributed by atoms with E-state index in [9.17, 15) is 9.59 Å². The van der Waals surface area contributed by atoms with E-state index in [1.807, 2.05) is 0 Å². The van der Waals surface area contributed by atoms with Crippen LogP contribution >= 0.6 is 0 Å². The third-order valence-electron chi connectivity index (χ3n) is 8.33. The molecule has 3 saturated carbocycles. The van der Waals surface area contributed by atoms with Gasteiger partial charge in [0.15, 0.2) is 0 Å². The van der Waals surface area contributed by atoms with E-state index >= 15 is 0 Å². The summed E-state index contributed by atoms with van der Waals surface area (Å²) < 4.78 is 4.88. The molecule has 3 aliphatic carbocycles. The standard InChI is InChI=1S/C23H38O3/c1-4-16-5-7-17(8-6-16)18-9-11-19(12-10-18)20-13-14-23(2,21(24)15-20)22(25)26-3/h16-20H,4-15H2,1-3H3/t16-,17-,18?,19?,20-,23+/m1/s1. The highest BCUT2D eigenvalue weighted by molar-refractivity contribution is 6.03. The molecule has 0 bridgehead atoms. The maximum atomic E-state index is 12.6. The number of rotatable bonds is 4. The number of carbonyl (C=O) groups excluding carboxylic acids is 2. The second-order valence-electron chi connectivity index (χ2n) is 9.61. The normalized spacial score (nSPS) is 41.7. The molecule has 0 radical (unpaired) electrons. The van der Waals surface area contributed by atoms with Gasteiger partial charge < -0.3 is 4.74 Å². The molecule has 3 rings (SSSR count). The van der Waals surface area contributed by atoms with Crippen molar-refractivity contribution in [3.05, 3.63) is 0 Å². The van der Waals surface area contributed by atoms with E-state index in [1.54, 1.807) is 6.92 Å². The quantitative estimate of drug-likeness (QED) is 0.486. The fourth-order valence-corrected chi connectivity index (χ4v) is 6.18. The number of ether oxygens (including phenoxy) is 1. The molecule has 0 aromatic carbocycles. The minimum absolute atomic E-state index is 0.112. The fraction of sp³-hybridized carbons (Fsp3) is 0.913. The third-order valence-corrected chi connectivity index (χ3v) is 8.33. The van der Waals surface area contributed by atoms with Crippen LogP contribution in [-0.2, 0) is 14.3 Å². The molecule has 0 aromatic heterocycles. The number of ketones is 1. The van der Waals surface area contributed by atoms with Crippen LogP contribution in [0.4, 0.5) is 0 Å². The second-order valence-corrected chi connectivity index (χ2v) is 9.61. The lowest BCUT2D eigenvalue weighted by Gasteiger charge is -2.42. The zero-order valence-corrected chi connectivity index (χ0v) is 17.1. The molecule has 26 heavy (non-hydrogen) atoms. The largest absolute Gasteiger partial charge is 0.468 e. The van der Waals surface area contributed by atoms with Crippen molar-refractivity contribution in [1.29, 1.82) is 0 Å². The molecule has 0 heterocycles. The Bertz CT molecular complexity index is 498. The zero-order chi connectivity index (χ0) is 18.7. The summed E-state index contributed by atoms with van der Waals surface area (Å²) in [6.45, 7) is 4.12. The summed E-state index contributed by atoms with van der Waals surface area (Å²) in [6.07, 6.45) is 14.8. The highest BCUT2D eigenvalue weighted by Crippen LogP contribution is 2.47. The van der Waals surface area contributed by atoms with Crippen molar-refractivity contribution >= 4 is 11.8 Å². The van der Waals surface area contributed by atoms with Crippen molar-refractivity contribution in [3.63, 3.8) is 0 Å². The van der Waals surface area contributed by atoms with E-state index in [0.29, 0.717) is 24.7 Å². The summed E-state index contributed by atoms with van der Waals surface area (Å²) >= 11 is 0. The highest BCUT2D eigenvalue weighted by Gasteiger charge is 2.47. The Labute approximate surface area is 159 Å². The second kappa shape index (κ2) is 8.44. The molecule has 2 atom stereocenters. The Morgan fingerprint density at radius 1 is 0.923 bits per heavy atom. The molecule has 0 spiro atoms. The first kappa shape index (κ1) is 19.9. The van der Waals surface area contributed by atoms with Gasteiger partial charge in [0, 0.05) is 6.42 Å². The Morgan fingerprint density at radius 3 is 1.88 bits per heavy atom. The monoisotopic (exact) mass is 362 g/mol. The van der Waals surface area contributed by atoms with Crippen LogP contribution in [0.1, 0.15) is 90.9 Å². The fourth-order valence-electron chi connectivity index (χ4n) is 6.18. The molecule has 3 fully saturated rings. The maximum absolute atomic E-state index is 12.6. The van der Waals surface area contributed by atoms with Crippen molar-refractivity contribution in [3.8, 4) is 0 Å². The first-order valence-corrected chi connectivity index (χ1v) is 11.1. The van der Waals surface area contributed by atoms with Gasteiger partial charge in [-0.1, -0.05) is 26.2 Å². The van der Waals surface area contributed by atoms with Crippen LogP contribution in [0.15, 0.2) is 0 Å². The lowest BCUT2D eigenvalue weighted by molar-refractivity contribution is -0.160. The van der Waals surface area contributed by atoms with E-state index in [2.05, 4.69) is 6.92 Å². The molecule has 3 aliphatic rings. The molecule has 0 unspecified atom stereocenters. The summed E-state index contributed by atoms with van der Waals surface area (Å²) in [4.78, 5) is 24.6. The van der Waals surface area contributed by atoms with Gasteiger partial charge in [0.2, 0.25) is 0 Å². The number of methoxy groups -OCH3 is 1. The first-order chi connectivity index (χ1) is 12.5. The predicted molar refractivity (Wildman–Crippen MR) is 104 cm³/mol. The summed E-state index contributed by atoms with van der Waals surface area (Å²) in [5.41, 5.74) is -0.889. The van der Waals surface area contributed by atoms with Gasteiger partial charge in [-0.15, -0.1) is 0 Å². The number of esters is 1. The minimum atomic E-state index is -0.889. The molecule has 0 saturated heterocycles. The molecular weight excluding hydrogens is 324 g/mol. The number of hydrogen-bond donors (Lipinski definition) is 0. The Morgan fingerprint density at radius 2 is 1.42 bits per heavy atom. The Balaban J connectivity index is 1.47. The highest BCUT2D eigenvalue weighted by atomic mass is 16.5. The predicted octanol–water partition coefficient (Wildman–Crippen LogP) is 5.56. The maximum Gasteiger partial charge on any atom is 0.319 e. The van der Waals surface area contributed by atoms with Gasteiger partial charge in [0.25, 0.3) is 0 Å². The van der Waals surface area contributed by atoms with Gasteiger partial charge in [-0.2, -0.15) is 0 Å². The van der Waals surface area contributed by atoms with Crippen LogP contribution in [0.5, 0.6) is 0 Å². The molecule has 148 valence electrons. The van der Waals surface area contributed by atoms with Crippen molar-refractivity contribution in [1.82, 2.24) is 0 Å². The average molecular weight is 363 g/mol. The SMILES string of the molecule is CC[C@H]1CC[C@H](C2CCC([C@@H]3CC[C@](C)(C(=O)OC)C(=O)C3)CC2)CC1. The lowest BCUT2D eigenvalue weighted by atomic mass is 9.62. The first-order valence-electron chi connectivity index (χ1n) is 11.1. The van der Waals surface area contributed by atoms with Gasteiger partial charge in [-0.3, -0.25) is 9.59 Å². The average Bonchev–Trinajstić information content (AvgIpc) is 2.69. The van der Waals surface area contributed by atoms with Crippen LogP contribution in [0, 0.1) is 35.0 Å². The Hall–Kier alpha value is -0.860.